The number of halogens is 4. The summed E-state index contributed by atoms with van der Waals surface area (Å²) in [6.07, 6.45) is 5.24. The highest BCUT2D eigenvalue weighted by Gasteiger charge is 2.33. The lowest BCUT2D eigenvalue weighted by atomic mass is 9.85. The Morgan fingerprint density at radius 2 is 1.04 bits per heavy atom. The Labute approximate surface area is 487 Å². The number of rotatable bonds is 21. The SMILES string of the molecule is CN1Cc2c(Cl)cc(Cl)cc2C(c2cccc([S+]([O-])NC(=O)C3CCN(CCCNC(=O)NCCCCNC(=O)NCCCN4CCC(C(=O)NS(=O)(=O)c5cccc(C6CN(C)Cc7c(Cl)cc(Cl)cc76)c5)CC4)CC3)c2)C1. The Morgan fingerprint density at radius 3 is 1.53 bits per heavy atom. The summed E-state index contributed by atoms with van der Waals surface area (Å²) in [4.78, 5) is 60.6. The topological polar surface area (TPSA) is 211 Å². The van der Waals surface area contributed by atoms with Gasteiger partial charge in [0.15, 0.2) is 4.90 Å². The highest BCUT2D eigenvalue weighted by Crippen LogP contribution is 2.40. The van der Waals surface area contributed by atoms with Gasteiger partial charge in [-0.1, -0.05) is 70.7 Å². The second-order valence-electron chi connectivity index (χ2n) is 21.3. The highest BCUT2D eigenvalue weighted by atomic mass is 35.5. The van der Waals surface area contributed by atoms with Gasteiger partial charge in [-0.05, 0) is 187 Å². The lowest BCUT2D eigenvalue weighted by molar-refractivity contribution is -0.125. The van der Waals surface area contributed by atoms with Gasteiger partial charge in [-0.2, -0.15) is 4.72 Å². The molecule has 0 aliphatic carbocycles. The van der Waals surface area contributed by atoms with Crippen molar-refractivity contribution in [1.29, 1.82) is 0 Å². The monoisotopic (exact) mass is 1200 g/mol. The van der Waals surface area contributed by atoms with Gasteiger partial charge in [-0.15, -0.1) is 0 Å². The summed E-state index contributed by atoms with van der Waals surface area (Å²) in [7, 11) is -0.0873. The largest absolute Gasteiger partial charge is 0.588 e. The molecule has 4 aliphatic heterocycles. The van der Waals surface area contributed by atoms with E-state index in [1.165, 1.54) is 6.07 Å². The summed E-state index contributed by atoms with van der Waals surface area (Å²) < 4.78 is 45.5. The van der Waals surface area contributed by atoms with Crippen LogP contribution in [0.1, 0.15) is 96.6 Å². The summed E-state index contributed by atoms with van der Waals surface area (Å²) >= 11 is 24.2. The number of likely N-dealkylation sites (tertiary alicyclic amines) is 2. The van der Waals surface area contributed by atoms with Crippen LogP contribution in [-0.4, -0.2) is 149 Å². The molecule has 0 bridgehead atoms. The van der Waals surface area contributed by atoms with E-state index in [1.807, 2.05) is 50.5 Å². The van der Waals surface area contributed by atoms with Crippen molar-refractivity contribution in [3.8, 4) is 0 Å². The normalized spacial score (nSPS) is 19.2. The molecule has 0 radical (unpaired) electrons. The van der Waals surface area contributed by atoms with Crippen LogP contribution in [0.2, 0.25) is 20.1 Å². The number of hydrogen-bond donors (Lipinski definition) is 6. The van der Waals surface area contributed by atoms with Crippen LogP contribution in [-0.2, 0) is 44.1 Å². The fraction of sp³-hybridized carbons (Fsp3) is 0.500. The van der Waals surface area contributed by atoms with Crippen LogP contribution in [0.25, 0.3) is 0 Å². The third-order valence-electron chi connectivity index (χ3n) is 15.4. The molecular formula is C56H72Cl4N10O7S2. The van der Waals surface area contributed by atoms with E-state index in [2.05, 4.69) is 50.3 Å². The molecule has 2 fully saturated rings. The second kappa shape index (κ2) is 28.5. The van der Waals surface area contributed by atoms with Gasteiger partial charge in [0.2, 0.25) is 5.91 Å². The van der Waals surface area contributed by atoms with Gasteiger partial charge in [-0.3, -0.25) is 9.59 Å². The highest BCUT2D eigenvalue weighted by molar-refractivity contribution is 7.90. The Bertz CT molecular complexity index is 2910. The molecule has 2 saturated heterocycles. The first kappa shape index (κ1) is 60.7. The predicted molar refractivity (Wildman–Crippen MR) is 312 cm³/mol. The third-order valence-corrected chi connectivity index (χ3v) is 18.9. The molecule has 4 aromatic carbocycles. The van der Waals surface area contributed by atoms with Crippen LogP contribution in [0.5, 0.6) is 0 Å². The molecule has 79 heavy (non-hydrogen) atoms. The zero-order valence-corrected chi connectivity index (χ0v) is 49.4. The summed E-state index contributed by atoms with van der Waals surface area (Å²) in [5.41, 5.74) is 5.80. The number of piperidine rings is 2. The maximum atomic E-state index is 13.5. The van der Waals surface area contributed by atoms with Crippen molar-refractivity contribution in [3.05, 3.63) is 126 Å². The van der Waals surface area contributed by atoms with E-state index >= 15 is 0 Å². The van der Waals surface area contributed by atoms with E-state index in [9.17, 15) is 32.1 Å². The van der Waals surface area contributed by atoms with Gasteiger partial charge in [0.25, 0.3) is 15.9 Å². The first-order valence-corrected chi connectivity index (χ1v) is 31.3. The number of fused-ring (bicyclic) bond motifs is 2. The standard InChI is InChI=1S/C56H72Cl4N10O7S2/c1-67-33-47(45-29-41(57)31-51(59)49(45)35-67)39-9-5-11-43(27-39)78(75)65-53(71)37-13-23-69(24-14-37)21-7-19-63-55(73)61-17-3-4-18-62-56(74)64-20-8-22-70-25-15-38(16-26-70)54(72)66-79(76,77)44-12-6-10-40(28-44)48-34-68(2)36-50-46(48)30-42(58)32-52(50)60/h5-6,9-12,27-32,37-38,47-48H,3-4,7-8,13-26,33-36H2,1-2H3,(H,65,71)(H,66,72)(H2,61,63,73)(H2,62,64,74). The van der Waals surface area contributed by atoms with E-state index in [0.717, 1.165) is 85.5 Å². The van der Waals surface area contributed by atoms with Gasteiger partial charge >= 0.3 is 12.1 Å². The van der Waals surface area contributed by atoms with E-state index in [0.29, 0.717) is 116 Å². The van der Waals surface area contributed by atoms with E-state index in [4.69, 9.17) is 46.4 Å². The molecule has 23 heteroatoms. The minimum Gasteiger partial charge on any atom is -0.588 e. The fourth-order valence-corrected chi connectivity index (χ4v) is 14.3. The first-order chi connectivity index (χ1) is 37.9. The smallest absolute Gasteiger partial charge is 0.314 e. The Hall–Kier alpha value is -4.38. The summed E-state index contributed by atoms with van der Waals surface area (Å²) in [5, 5.41) is 13.8. The molecule has 0 aromatic heterocycles. The molecule has 3 unspecified atom stereocenters. The number of likely N-dealkylation sites (N-methyl/N-ethyl adjacent to an activating group) is 2. The molecular weight excluding hydrogens is 1130 g/mol. The van der Waals surface area contributed by atoms with Crippen LogP contribution >= 0.6 is 46.4 Å². The van der Waals surface area contributed by atoms with Gasteiger partial charge in [0, 0.05) is 96.1 Å². The zero-order chi connectivity index (χ0) is 56.2. The van der Waals surface area contributed by atoms with Crippen LogP contribution < -0.4 is 30.7 Å². The molecule has 4 aromatic rings. The number of urea groups is 2. The van der Waals surface area contributed by atoms with Crippen LogP contribution in [0.4, 0.5) is 9.59 Å². The molecule has 0 spiro atoms. The number of carbonyl (C=O) groups is 4. The van der Waals surface area contributed by atoms with Crippen molar-refractivity contribution in [2.24, 2.45) is 11.8 Å². The van der Waals surface area contributed by atoms with Gasteiger partial charge < -0.3 is 45.4 Å². The number of benzene rings is 4. The lowest BCUT2D eigenvalue weighted by Crippen LogP contribution is -2.43. The number of nitrogens with one attached hydrogen (secondary N) is 6. The second-order valence-corrected chi connectivity index (χ2v) is 25.9. The van der Waals surface area contributed by atoms with Crippen LogP contribution in [0.3, 0.4) is 0 Å². The van der Waals surface area contributed by atoms with Gasteiger partial charge in [0.05, 0.1) is 4.90 Å². The quantitative estimate of drug-likeness (QED) is 0.0352. The van der Waals surface area contributed by atoms with Crippen molar-refractivity contribution < 1.29 is 32.1 Å². The van der Waals surface area contributed by atoms with E-state index in [-0.39, 0.29) is 40.6 Å². The fourth-order valence-electron chi connectivity index (χ4n) is 11.1. The van der Waals surface area contributed by atoms with Crippen LogP contribution in [0, 0.1) is 11.8 Å². The van der Waals surface area contributed by atoms with Crippen molar-refractivity contribution in [2.75, 3.05) is 92.6 Å². The molecule has 4 aliphatic rings. The number of amides is 6. The minimum absolute atomic E-state index is 0.00975. The predicted octanol–water partition coefficient (Wildman–Crippen LogP) is 7.68. The number of sulfonamides is 1. The summed E-state index contributed by atoms with van der Waals surface area (Å²) in [6, 6.07) is 21.1. The number of hydrogen-bond acceptors (Lipinski definition) is 11. The first-order valence-electron chi connectivity index (χ1n) is 27.2. The maximum absolute atomic E-state index is 13.5. The van der Waals surface area contributed by atoms with Gasteiger partial charge in [-0.25, -0.2) is 22.7 Å². The van der Waals surface area contributed by atoms with Crippen LogP contribution in [0.15, 0.2) is 82.6 Å². The van der Waals surface area contributed by atoms with Crippen molar-refractivity contribution in [2.45, 2.75) is 86.1 Å². The molecule has 8 rings (SSSR count). The number of unbranched alkanes of at least 4 members (excludes halogenated alkanes) is 1. The van der Waals surface area contributed by atoms with Crippen molar-refractivity contribution >= 4 is 91.7 Å². The average molecular weight is 1200 g/mol. The van der Waals surface area contributed by atoms with Gasteiger partial charge in [0.1, 0.15) is 11.4 Å². The zero-order valence-electron chi connectivity index (χ0n) is 44.8. The average Bonchev–Trinajstić information content (AvgIpc) is 3.44. The molecule has 4 heterocycles. The van der Waals surface area contributed by atoms with E-state index in [1.54, 1.807) is 30.3 Å². The Morgan fingerprint density at radius 1 is 0.595 bits per heavy atom. The van der Waals surface area contributed by atoms with Crippen molar-refractivity contribution in [1.82, 2.24) is 50.3 Å². The molecule has 0 saturated carbocycles. The number of nitrogens with zero attached hydrogens (tertiary/aromatic N) is 4. The van der Waals surface area contributed by atoms with E-state index < -0.39 is 33.2 Å². The Kier molecular flexibility index (Phi) is 21.9. The molecule has 3 atom stereocenters. The lowest BCUT2D eigenvalue weighted by Gasteiger charge is -2.33. The van der Waals surface area contributed by atoms with Crippen molar-refractivity contribution in [3.63, 3.8) is 0 Å². The molecule has 17 nitrogen and oxygen atoms in total. The number of carbonyl (C=O) groups excluding carboxylic acids is 4. The summed E-state index contributed by atoms with van der Waals surface area (Å²) in [5.74, 6) is -1.54. The maximum Gasteiger partial charge on any atom is 0.314 e. The molecule has 428 valence electrons. The third kappa shape index (κ3) is 16.9. The minimum atomic E-state index is -4.12. The Balaban J connectivity index is 0.623. The molecule has 6 N–H and O–H groups in total. The summed E-state index contributed by atoms with van der Waals surface area (Å²) in [6.45, 7) is 8.99. The molecule has 6 amide bonds.